The number of ether oxygens (including phenoxy) is 1. The molecule has 0 atom stereocenters. The van der Waals surface area contributed by atoms with Gasteiger partial charge in [0.05, 0.1) is 6.07 Å². The van der Waals surface area contributed by atoms with Crippen LogP contribution in [0.5, 0.6) is 5.75 Å². The minimum absolute atomic E-state index is 0.157. The average molecular weight is 458 g/mol. The third-order valence-electron chi connectivity index (χ3n) is 7.37. The van der Waals surface area contributed by atoms with Crippen molar-refractivity contribution in [1.29, 1.82) is 5.26 Å². The van der Waals surface area contributed by atoms with Crippen LogP contribution in [0.2, 0.25) is 0 Å². The van der Waals surface area contributed by atoms with E-state index in [0.717, 1.165) is 43.6 Å². The highest BCUT2D eigenvalue weighted by molar-refractivity contribution is 5.30. The molecule has 2 nitrogen and oxygen atoms in total. The normalized spacial score (nSPS) is 26.4. The molecule has 2 fully saturated rings. The molecule has 0 aromatic heterocycles. The number of halogens is 3. The fraction of sp³-hybridized carbons (Fsp3) is 0.536. The summed E-state index contributed by atoms with van der Waals surface area (Å²) in [6.07, 6.45) is 14.4. The Balaban J connectivity index is 1.39. The molecule has 33 heavy (non-hydrogen) atoms. The summed E-state index contributed by atoms with van der Waals surface area (Å²) in [5.41, 5.74) is 2.54. The van der Waals surface area contributed by atoms with Crippen molar-refractivity contribution < 1.29 is 17.9 Å². The number of nitriles is 1. The summed E-state index contributed by atoms with van der Waals surface area (Å²) in [5.74, 6) is 2.25. The van der Waals surface area contributed by atoms with E-state index in [0.29, 0.717) is 17.8 Å². The maximum atomic E-state index is 12.4. The van der Waals surface area contributed by atoms with E-state index in [1.165, 1.54) is 55.9 Å². The molecule has 178 valence electrons. The first-order chi connectivity index (χ1) is 15.9. The van der Waals surface area contributed by atoms with E-state index >= 15 is 0 Å². The van der Waals surface area contributed by atoms with E-state index in [1.807, 2.05) is 12.1 Å². The number of nitrogens with zero attached hydrogens (tertiary/aromatic N) is 1. The van der Waals surface area contributed by atoms with E-state index in [2.05, 4.69) is 17.4 Å². The highest BCUT2D eigenvalue weighted by Crippen LogP contribution is 2.44. The molecular weight excluding hydrogens is 423 g/mol. The summed E-state index contributed by atoms with van der Waals surface area (Å²) in [6, 6.07) is 8.38. The van der Waals surface area contributed by atoms with Crippen molar-refractivity contribution in [3.63, 3.8) is 0 Å². The Bertz CT molecular complexity index is 847. The van der Waals surface area contributed by atoms with E-state index in [9.17, 15) is 13.2 Å². The van der Waals surface area contributed by atoms with Crippen molar-refractivity contribution in [2.75, 3.05) is 0 Å². The Morgan fingerprint density at radius 1 is 0.970 bits per heavy atom. The van der Waals surface area contributed by atoms with Gasteiger partial charge in [-0.3, -0.25) is 0 Å². The maximum Gasteiger partial charge on any atom is 0.573 e. The van der Waals surface area contributed by atoms with Gasteiger partial charge in [0.15, 0.2) is 0 Å². The van der Waals surface area contributed by atoms with Crippen LogP contribution >= 0.6 is 0 Å². The van der Waals surface area contributed by atoms with E-state index < -0.39 is 6.36 Å². The molecule has 2 saturated carbocycles. The number of rotatable bonds is 8. The van der Waals surface area contributed by atoms with Crippen molar-refractivity contribution in [1.82, 2.24) is 0 Å². The fourth-order valence-corrected chi connectivity index (χ4v) is 5.50. The molecule has 0 amide bonds. The van der Waals surface area contributed by atoms with Crippen molar-refractivity contribution in [3.8, 4) is 11.8 Å². The molecule has 0 spiro atoms. The Labute approximate surface area is 195 Å². The van der Waals surface area contributed by atoms with Gasteiger partial charge in [0, 0.05) is 6.08 Å². The highest BCUT2D eigenvalue weighted by atomic mass is 19.4. The molecule has 0 aliphatic heterocycles. The number of alkyl halides is 3. The first-order valence-corrected chi connectivity index (χ1v) is 12.1. The summed E-state index contributed by atoms with van der Waals surface area (Å²) >= 11 is 0. The zero-order valence-corrected chi connectivity index (χ0v) is 19.2. The van der Waals surface area contributed by atoms with Crippen LogP contribution < -0.4 is 4.74 Å². The lowest BCUT2D eigenvalue weighted by Crippen LogP contribution is -2.22. The second-order valence-electron chi connectivity index (χ2n) is 9.45. The van der Waals surface area contributed by atoms with E-state index in [1.54, 1.807) is 18.2 Å². The van der Waals surface area contributed by atoms with Crippen LogP contribution in [0, 0.1) is 29.1 Å². The summed E-state index contributed by atoms with van der Waals surface area (Å²) in [7, 11) is 0. The third kappa shape index (κ3) is 8.11. The molecule has 3 rings (SSSR count). The van der Waals surface area contributed by atoms with Gasteiger partial charge in [0.2, 0.25) is 0 Å². The molecule has 0 unspecified atom stereocenters. The predicted molar refractivity (Wildman–Crippen MR) is 126 cm³/mol. The van der Waals surface area contributed by atoms with Crippen molar-refractivity contribution in [2.24, 2.45) is 17.8 Å². The Morgan fingerprint density at radius 3 is 2.15 bits per heavy atom. The van der Waals surface area contributed by atoms with Gasteiger partial charge in [0.1, 0.15) is 5.75 Å². The van der Waals surface area contributed by atoms with Crippen molar-refractivity contribution in [3.05, 3.63) is 66.3 Å². The number of allylic oxidation sites excluding steroid dienone is 5. The SMILES string of the molecule is C=C(C1CCC(CC/C=C/C=C/C#N)CC1)C1CCC(c2ccc(OC(F)(F)F)cc2)CC1. The van der Waals surface area contributed by atoms with Gasteiger partial charge in [-0.15, -0.1) is 13.2 Å². The first kappa shape index (κ1) is 25.1. The standard InChI is InChI=1S/C28H34F3NO/c1-21(23-10-8-22(9-11-23)7-5-3-2-4-6-20-32)24-12-14-25(15-13-24)26-16-18-27(19-17-26)33-28(29,30)31/h2-4,6,16-19,22-25H,1,5,7-15H2/b3-2+,6-4+. The van der Waals surface area contributed by atoms with Crippen LogP contribution in [-0.2, 0) is 0 Å². The second kappa shape index (κ2) is 12.1. The first-order valence-electron chi connectivity index (χ1n) is 12.1. The van der Waals surface area contributed by atoms with Crippen molar-refractivity contribution in [2.45, 2.75) is 76.5 Å². The molecule has 0 saturated heterocycles. The molecule has 1 aromatic carbocycles. The van der Waals surface area contributed by atoms with Crippen LogP contribution in [0.25, 0.3) is 0 Å². The van der Waals surface area contributed by atoms with Gasteiger partial charge in [-0.2, -0.15) is 5.26 Å². The fourth-order valence-electron chi connectivity index (χ4n) is 5.50. The highest BCUT2D eigenvalue weighted by Gasteiger charge is 2.32. The zero-order valence-electron chi connectivity index (χ0n) is 19.2. The molecule has 0 heterocycles. The summed E-state index contributed by atoms with van der Waals surface area (Å²) < 4.78 is 41.0. The van der Waals surface area contributed by atoms with Crippen LogP contribution in [-0.4, -0.2) is 6.36 Å². The lowest BCUT2D eigenvalue weighted by Gasteiger charge is -2.36. The Morgan fingerprint density at radius 2 is 1.58 bits per heavy atom. The summed E-state index contributed by atoms with van der Waals surface area (Å²) in [6.45, 7) is 4.51. The van der Waals surface area contributed by atoms with E-state index in [-0.39, 0.29) is 5.75 Å². The predicted octanol–water partition coefficient (Wildman–Crippen LogP) is 8.64. The third-order valence-corrected chi connectivity index (χ3v) is 7.37. The smallest absolute Gasteiger partial charge is 0.406 e. The molecular formula is C28H34F3NO. The minimum Gasteiger partial charge on any atom is -0.406 e. The average Bonchev–Trinajstić information content (AvgIpc) is 2.81. The van der Waals surface area contributed by atoms with Gasteiger partial charge in [-0.1, -0.05) is 42.5 Å². The Hall–Kier alpha value is -2.48. The van der Waals surface area contributed by atoms with E-state index in [4.69, 9.17) is 5.26 Å². The van der Waals surface area contributed by atoms with Crippen LogP contribution in [0.1, 0.15) is 75.7 Å². The number of benzene rings is 1. The molecule has 0 bridgehead atoms. The second-order valence-corrected chi connectivity index (χ2v) is 9.45. The van der Waals surface area contributed by atoms with Gasteiger partial charge >= 0.3 is 6.36 Å². The molecule has 5 heteroatoms. The lowest BCUT2D eigenvalue weighted by molar-refractivity contribution is -0.274. The van der Waals surface area contributed by atoms with Crippen LogP contribution in [0.4, 0.5) is 13.2 Å². The molecule has 2 aliphatic rings. The molecule has 1 aromatic rings. The molecule has 2 aliphatic carbocycles. The van der Waals surface area contributed by atoms with Crippen molar-refractivity contribution >= 4 is 0 Å². The van der Waals surface area contributed by atoms with Gasteiger partial charge in [-0.25, -0.2) is 0 Å². The Kier molecular flexibility index (Phi) is 9.23. The minimum atomic E-state index is -4.65. The quantitative estimate of drug-likeness (QED) is 0.222. The van der Waals surface area contributed by atoms with Crippen LogP contribution in [0.3, 0.4) is 0 Å². The number of hydrogen-bond donors (Lipinski definition) is 0. The van der Waals surface area contributed by atoms with Gasteiger partial charge in [-0.05, 0) is 106 Å². The monoisotopic (exact) mass is 457 g/mol. The summed E-state index contributed by atoms with van der Waals surface area (Å²) in [5, 5.41) is 8.48. The number of hydrogen-bond acceptors (Lipinski definition) is 2. The topological polar surface area (TPSA) is 33.0 Å². The van der Waals surface area contributed by atoms with Crippen LogP contribution in [0.15, 0.2) is 60.7 Å². The van der Waals surface area contributed by atoms with Gasteiger partial charge < -0.3 is 4.74 Å². The molecule has 0 radical (unpaired) electrons. The lowest BCUT2D eigenvalue weighted by atomic mass is 9.69. The summed E-state index contributed by atoms with van der Waals surface area (Å²) in [4.78, 5) is 0. The maximum absolute atomic E-state index is 12.4. The van der Waals surface area contributed by atoms with Gasteiger partial charge in [0.25, 0.3) is 0 Å². The molecule has 0 N–H and O–H groups in total. The zero-order chi connectivity index (χ0) is 23.7. The largest absolute Gasteiger partial charge is 0.573 e.